The number of hydrogen-bond acceptors (Lipinski definition) is 2. The van der Waals surface area contributed by atoms with Crippen molar-refractivity contribution in [1.82, 2.24) is 4.90 Å². The van der Waals surface area contributed by atoms with Gasteiger partial charge in [-0.25, -0.2) is 0 Å². The molecule has 94 valence electrons. The Hall–Kier alpha value is -1.35. The third-order valence-corrected chi connectivity index (χ3v) is 2.79. The molecular weight excluding hydrogens is 214 g/mol. The smallest absolute Gasteiger partial charge is 0.220 e. The summed E-state index contributed by atoms with van der Waals surface area (Å²) in [5.41, 5.74) is 0.836. The summed E-state index contributed by atoms with van der Waals surface area (Å²) in [5, 5.41) is 0. The summed E-state index contributed by atoms with van der Waals surface area (Å²) in [5.74, 6) is 0.0657. The van der Waals surface area contributed by atoms with Crippen molar-refractivity contribution in [3.05, 3.63) is 35.9 Å². The molecule has 0 aliphatic heterocycles. The molecule has 1 rings (SSSR count). The van der Waals surface area contributed by atoms with Crippen molar-refractivity contribution in [2.24, 2.45) is 0 Å². The van der Waals surface area contributed by atoms with Gasteiger partial charge in [-0.1, -0.05) is 30.3 Å². The Kier molecular flexibility index (Phi) is 4.70. The number of rotatable bonds is 5. The molecule has 0 saturated carbocycles. The average Bonchev–Trinajstić information content (AvgIpc) is 2.26. The highest BCUT2D eigenvalue weighted by Crippen LogP contribution is 2.18. The Bertz CT molecular complexity index is 360. The third kappa shape index (κ3) is 3.86. The van der Waals surface area contributed by atoms with Crippen LogP contribution in [0.2, 0.25) is 0 Å². The maximum absolute atomic E-state index is 11.7. The highest BCUT2D eigenvalue weighted by atomic mass is 16.5. The summed E-state index contributed by atoms with van der Waals surface area (Å²) >= 11 is 0. The molecule has 0 N–H and O–H groups in total. The van der Waals surface area contributed by atoms with Gasteiger partial charge in [-0.05, 0) is 19.4 Å². The van der Waals surface area contributed by atoms with E-state index in [-0.39, 0.29) is 11.4 Å². The standard InChI is InChI=1S/C14H21NO2/c1-12(16)15(14(2,3)11-17-4)10-13-8-6-5-7-9-13/h5-9H,10-11H2,1-4H3. The fourth-order valence-electron chi connectivity index (χ4n) is 1.95. The molecule has 1 amide bonds. The van der Waals surface area contributed by atoms with Crippen LogP contribution in [0.4, 0.5) is 0 Å². The normalized spacial score (nSPS) is 11.3. The summed E-state index contributed by atoms with van der Waals surface area (Å²) in [6.07, 6.45) is 0. The molecule has 0 unspecified atom stereocenters. The SMILES string of the molecule is COCC(C)(C)N(Cc1ccccc1)C(C)=O. The van der Waals surface area contributed by atoms with Crippen LogP contribution in [0.15, 0.2) is 30.3 Å². The van der Waals surface area contributed by atoms with Crippen molar-refractivity contribution >= 4 is 5.91 Å². The first-order valence-electron chi connectivity index (χ1n) is 5.78. The first-order valence-corrected chi connectivity index (χ1v) is 5.78. The van der Waals surface area contributed by atoms with Crippen LogP contribution in [0.25, 0.3) is 0 Å². The summed E-state index contributed by atoms with van der Waals surface area (Å²) in [4.78, 5) is 13.6. The molecule has 1 aromatic carbocycles. The lowest BCUT2D eigenvalue weighted by Crippen LogP contribution is -2.49. The van der Waals surface area contributed by atoms with Crippen molar-refractivity contribution in [3.63, 3.8) is 0 Å². The van der Waals surface area contributed by atoms with E-state index in [1.54, 1.807) is 14.0 Å². The molecule has 0 radical (unpaired) electrons. The lowest BCUT2D eigenvalue weighted by atomic mass is 10.0. The first-order chi connectivity index (χ1) is 7.97. The molecule has 0 atom stereocenters. The van der Waals surface area contributed by atoms with Crippen LogP contribution in [0.3, 0.4) is 0 Å². The molecule has 0 bridgehead atoms. The monoisotopic (exact) mass is 235 g/mol. The van der Waals surface area contributed by atoms with E-state index < -0.39 is 0 Å². The molecular formula is C14H21NO2. The molecule has 0 heterocycles. The van der Waals surface area contributed by atoms with Crippen LogP contribution >= 0.6 is 0 Å². The number of ether oxygens (including phenoxy) is 1. The van der Waals surface area contributed by atoms with Gasteiger partial charge in [0.1, 0.15) is 0 Å². The summed E-state index contributed by atoms with van der Waals surface area (Å²) in [7, 11) is 1.66. The van der Waals surface area contributed by atoms with Gasteiger partial charge in [-0.15, -0.1) is 0 Å². The Morgan fingerprint density at radius 2 is 1.88 bits per heavy atom. The van der Waals surface area contributed by atoms with Gasteiger partial charge in [0.25, 0.3) is 0 Å². The molecule has 0 aromatic heterocycles. The quantitative estimate of drug-likeness (QED) is 0.784. The molecule has 3 heteroatoms. The molecule has 17 heavy (non-hydrogen) atoms. The van der Waals surface area contributed by atoms with E-state index in [0.717, 1.165) is 5.56 Å². The number of benzene rings is 1. The minimum atomic E-state index is -0.295. The van der Waals surface area contributed by atoms with Crippen LogP contribution in [0.1, 0.15) is 26.3 Å². The van der Waals surface area contributed by atoms with Gasteiger partial charge in [-0.3, -0.25) is 4.79 Å². The molecule has 3 nitrogen and oxygen atoms in total. The van der Waals surface area contributed by atoms with Gasteiger partial charge in [0.2, 0.25) is 5.91 Å². The second-order valence-corrected chi connectivity index (χ2v) is 4.84. The van der Waals surface area contributed by atoms with Gasteiger partial charge < -0.3 is 9.64 Å². The van der Waals surface area contributed by atoms with Crippen LogP contribution in [-0.4, -0.2) is 30.1 Å². The summed E-state index contributed by atoms with van der Waals surface area (Å²) in [6, 6.07) is 9.99. The van der Waals surface area contributed by atoms with Crippen molar-refractivity contribution in [1.29, 1.82) is 0 Å². The zero-order valence-corrected chi connectivity index (χ0v) is 11.1. The van der Waals surface area contributed by atoms with Gasteiger partial charge in [-0.2, -0.15) is 0 Å². The van der Waals surface area contributed by atoms with Crippen LogP contribution in [0, 0.1) is 0 Å². The van der Waals surface area contributed by atoms with Crippen LogP contribution < -0.4 is 0 Å². The van der Waals surface area contributed by atoms with Crippen LogP contribution in [-0.2, 0) is 16.1 Å². The number of nitrogens with zero attached hydrogens (tertiary/aromatic N) is 1. The Morgan fingerprint density at radius 3 is 2.35 bits per heavy atom. The summed E-state index contributed by atoms with van der Waals surface area (Å²) in [6.45, 7) is 6.77. The van der Waals surface area contributed by atoms with Gasteiger partial charge in [0.15, 0.2) is 0 Å². The van der Waals surface area contributed by atoms with E-state index in [9.17, 15) is 4.79 Å². The lowest BCUT2D eigenvalue weighted by Gasteiger charge is -2.37. The summed E-state index contributed by atoms with van der Waals surface area (Å²) < 4.78 is 5.18. The zero-order valence-electron chi connectivity index (χ0n) is 11.1. The third-order valence-electron chi connectivity index (χ3n) is 2.79. The molecule has 0 aliphatic rings. The van der Waals surface area contributed by atoms with Crippen molar-refractivity contribution < 1.29 is 9.53 Å². The molecule has 0 spiro atoms. The minimum Gasteiger partial charge on any atom is -0.382 e. The largest absolute Gasteiger partial charge is 0.382 e. The highest BCUT2D eigenvalue weighted by Gasteiger charge is 2.28. The second kappa shape index (κ2) is 5.82. The van der Waals surface area contributed by atoms with Gasteiger partial charge in [0, 0.05) is 20.6 Å². The number of carbonyl (C=O) groups is 1. The van der Waals surface area contributed by atoms with Gasteiger partial charge in [0.05, 0.1) is 12.1 Å². The Balaban J connectivity index is 2.84. The van der Waals surface area contributed by atoms with Gasteiger partial charge >= 0.3 is 0 Å². The first kappa shape index (κ1) is 13.7. The number of hydrogen-bond donors (Lipinski definition) is 0. The number of carbonyl (C=O) groups excluding carboxylic acids is 1. The molecule has 0 aliphatic carbocycles. The van der Waals surface area contributed by atoms with E-state index in [1.807, 2.05) is 49.1 Å². The van der Waals surface area contributed by atoms with Crippen molar-refractivity contribution in [2.75, 3.05) is 13.7 Å². The van der Waals surface area contributed by atoms with E-state index in [4.69, 9.17) is 4.74 Å². The molecule has 0 saturated heterocycles. The van der Waals surface area contributed by atoms with Crippen LogP contribution in [0.5, 0.6) is 0 Å². The topological polar surface area (TPSA) is 29.5 Å². The Morgan fingerprint density at radius 1 is 1.29 bits per heavy atom. The lowest BCUT2D eigenvalue weighted by molar-refractivity contribution is -0.137. The average molecular weight is 235 g/mol. The molecule has 1 aromatic rings. The number of methoxy groups -OCH3 is 1. The van der Waals surface area contributed by atoms with E-state index in [1.165, 1.54) is 0 Å². The van der Waals surface area contributed by atoms with E-state index in [0.29, 0.717) is 13.2 Å². The molecule has 0 fully saturated rings. The fraction of sp³-hybridized carbons (Fsp3) is 0.500. The highest BCUT2D eigenvalue weighted by molar-refractivity contribution is 5.74. The predicted molar refractivity (Wildman–Crippen MR) is 68.6 cm³/mol. The Labute approximate surface area is 103 Å². The minimum absolute atomic E-state index is 0.0657. The number of amides is 1. The van der Waals surface area contributed by atoms with E-state index >= 15 is 0 Å². The second-order valence-electron chi connectivity index (χ2n) is 4.84. The fourth-order valence-corrected chi connectivity index (χ4v) is 1.95. The van der Waals surface area contributed by atoms with E-state index in [2.05, 4.69) is 0 Å². The maximum Gasteiger partial charge on any atom is 0.220 e. The predicted octanol–water partition coefficient (Wildman–Crippen LogP) is 2.46. The van der Waals surface area contributed by atoms with Crippen molar-refractivity contribution in [2.45, 2.75) is 32.9 Å². The zero-order chi connectivity index (χ0) is 12.9. The van der Waals surface area contributed by atoms with Crippen molar-refractivity contribution in [3.8, 4) is 0 Å². The maximum atomic E-state index is 11.7.